The molecule has 1 saturated heterocycles. The van der Waals surface area contributed by atoms with Gasteiger partial charge < -0.3 is 10.4 Å². The highest BCUT2D eigenvalue weighted by Gasteiger charge is 2.34. The van der Waals surface area contributed by atoms with E-state index >= 15 is 0 Å². The summed E-state index contributed by atoms with van der Waals surface area (Å²) in [6.07, 6.45) is 1.42. The highest BCUT2D eigenvalue weighted by molar-refractivity contribution is 6.37. The van der Waals surface area contributed by atoms with Crippen LogP contribution < -0.4 is 10.2 Å². The van der Waals surface area contributed by atoms with E-state index in [1.807, 2.05) is 0 Å². The molecule has 5 nitrogen and oxygen atoms in total. The second-order valence-electron chi connectivity index (χ2n) is 4.94. The summed E-state index contributed by atoms with van der Waals surface area (Å²) in [5.74, 6) is -0.771. The molecule has 24 heavy (non-hydrogen) atoms. The van der Waals surface area contributed by atoms with Crippen molar-refractivity contribution < 1.29 is 14.7 Å². The molecule has 0 unspecified atom stereocenters. The van der Waals surface area contributed by atoms with E-state index < -0.39 is 11.9 Å². The molecule has 122 valence electrons. The number of rotatable bonds is 2. The van der Waals surface area contributed by atoms with Gasteiger partial charge in [-0.3, -0.25) is 4.79 Å². The lowest BCUT2D eigenvalue weighted by Gasteiger charge is -2.11. The van der Waals surface area contributed by atoms with E-state index in [-0.39, 0.29) is 21.5 Å². The van der Waals surface area contributed by atoms with Crippen molar-refractivity contribution in [2.75, 3.05) is 4.90 Å². The first-order chi connectivity index (χ1) is 11.4. The largest absolute Gasteiger partial charge is 0.505 e. The van der Waals surface area contributed by atoms with Crippen LogP contribution in [0.1, 0.15) is 5.56 Å². The van der Waals surface area contributed by atoms with Gasteiger partial charge in [-0.25, -0.2) is 9.69 Å². The topological polar surface area (TPSA) is 69.6 Å². The molecule has 0 bridgehead atoms. The van der Waals surface area contributed by atoms with Crippen LogP contribution in [0.3, 0.4) is 0 Å². The Balaban J connectivity index is 1.95. The van der Waals surface area contributed by atoms with Gasteiger partial charge in [-0.15, -0.1) is 0 Å². The molecule has 0 saturated carbocycles. The molecule has 0 radical (unpaired) electrons. The number of phenolic OH excluding ortho intramolecular Hbond substituents is 1. The molecule has 8 heteroatoms. The van der Waals surface area contributed by atoms with Crippen molar-refractivity contribution in [3.05, 3.63) is 62.7 Å². The summed E-state index contributed by atoms with van der Waals surface area (Å²) in [5.41, 5.74) is 0.921. The molecular weight excluding hydrogens is 375 g/mol. The molecule has 3 rings (SSSR count). The predicted molar refractivity (Wildman–Crippen MR) is 93.6 cm³/mol. The number of benzene rings is 2. The SMILES string of the molecule is O=C1N/C(=C\c2cc(Cl)c(O)c(Cl)c2)C(=O)N1c1ccc(Cl)cc1. The highest BCUT2D eigenvalue weighted by Crippen LogP contribution is 2.33. The summed E-state index contributed by atoms with van der Waals surface area (Å²) in [6.45, 7) is 0. The molecule has 2 N–H and O–H groups in total. The van der Waals surface area contributed by atoms with E-state index in [1.54, 1.807) is 24.3 Å². The van der Waals surface area contributed by atoms with Crippen molar-refractivity contribution in [1.29, 1.82) is 0 Å². The molecule has 0 aliphatic carbocycles. The highest BCUT2D eigenvalue weighted by atomic mass is 35.5. The summed E-state index contributed by atoms with van der Waals surface area (Å²) < 4.78 is 0. The van der Waals surface area contributed by atoms with Crippen LogP contribution in [-0.2, 0) is 4.79 Å². The van der Waals surface area contributed by atoms with Crippen LogP contribution in [0.15, 0.2) is 42.1 Å². The summed E-state index contributed by atoms with van der Waals surface area (Å²) in [5, 5.41) is 12.6. The van der Waals surface area contributed by atoms with Crippen molar-refractivity contribution in [3.8, 4) is 5.75 Å². The van der Waals surface area contributed by atoms with E-state index in [9.17, 15) is 14.7 Å². The number of phenols is 1. The molecule has 2 aromatic carbocycles. The van der Waals surface area contributed by atoms with Gasteiger partial charge in [0.1, 0.15) is 5.70 Å². The monoisotopic (exact) mass is 382 g/mol. The van der Waals surface area contributed by atoms with Crippen molar-refractivity contribution in [1.82, 2.24) is 5.32 Å². The summed E-state index contributed by atoms with van der Waals surface area (Å²) in [4.78, 5) is 25.5. The maximum absolute atomic E-state index is 12.5. The second-order valence-corrected chi connectivity index (χ2v) is 6.19. The maximum Gasteiger partial charge on any atom is 0.333 e. The standard InChI is InChI=1S/C16H9Cl3N2O3/c17-9-1-3-10(4-2-9)21-15(23)13(20-16(21)24)7-8-5-11(18)14(22)12(19)6-8/h1-7,22H,(H,20,24)/b13-7-. The van der Waals surface area contributed by atoms with Gasteiger partial charge in [-0.2, -0.15) is 0 Å². The molecule has 0 atom stereocenters. The van der Waals surface area contributed by atoms with Crippen LogP contribution in [0, 0.1) is 0 Å². The summed E-state index contributed by atoms with van der Waals surface area (Å²) >= 11 is 17.5. The number of nitrogens with one attached hydrogen (secondary N) is 1. The first kappa shape index (κ1) is 16.6. The summed E-state index contributed by atoms with van der Waals surface area (Å²) in [6, 6.07) is 8.58. The van der Waals surface area contributed by atoms with Gasteiger partial charge >= 0.3 is 6.03 Å². The van der Waals surface area contributed by atoms with Crippen molar-refractivity contribution in [2.24, 2.45) is 0 Å². The van der Waals surface area contributed by atoms with Crippen molar-refractivity contribution >= 4 is 58.5 Å². The van der Waals surface area contributed by atoms with Crippen LogP contribution in [0.2, 0.25) is 15.1 Å². The lowest BCUT2D eigenvalue weighted by molar-refractivity contribution is -0.113. The molecule has 1 aliphatic rings. The van der Waals surface area contributed by atoms with Crippen LogP contribution in [0.25, 0.3) is 6.08 Å². The Bertz CT molecular complexity index is 856. The second kappa shape index (κ2) is 6.36. The number of anilines is 1. The van der Waals surface area contributed by atoms with E-state index in [0.29, 0.717) is 16.3 Å². The molecule has 0 aromatic heterocycles. The molecule has 2 aromatic rings. The third-order valence-electron chi connectivity index (χ3n) is 3.31. The minimum Gasteiger partial charge on any atom is -0.505 e. The molecular formula is C16H9Cl3N2O3. The van der Waals surface area contributed by atoms with Crippen LogP contribution in [0.5, 0.6) is 5.75 Å². The number of carbonyl (C=O) groups is 2. The Morgan fingerprint density at radius 1 is 1.00 bits per heavy atom. The Morgan fingerprint density at radius 3 is 2.17 bits per heavy atom. The Labute approximate surface area is 152 Å². The molecule has 3 amide bonds. The quantitative estimate of drug-likeness (QED) is 0.594. The van der Waals surface area contributed by atoms with Crippen LogP contribution in [-0.4, -0.2) is 17.0 Å². The molecule has 1 heterocycles. The van der Waals surface area contributed by atoms with Gasteiger partial charge in [-0.05, 0) is 48.0 Å². The lowest BCUT2D eigenvalue weighted by Crippen LogP contribution is -2.30. The first-order valence-electron chi connectivity index (χ1n) is 6.67. The maximum atomic E-state index is 12.5. The average Bonchev–Trinajstić information content (AvgIpc) is 2.80. The number of urea groups is 1. The van der Waals surface area contributed by atoms with Gasteiger partial charge in [0.15, 0.2) is 5.75 Å². The van der Waals surface area contributed by atoms with Crippen LogP contribution >= 0.6 is 34.8 Å². The van der Waals surface area contributed by atoms with Crippen LogP contribution in [0.4, 0.5) is 10.5 Å². The van der Waals surface area contributed by atoms with E-state index in [0.717, 1.165) is 4.90 Å². The van der Waals surface area contributed by atoms with E-state index in [2.05, 4.69) is 5.32 Å². The molecule has 0 spiro atoms. The Hall–Kier alpha value is -2.21. The minimum absolute atomic E-state index is 0.0423. The fraction of sp³-hybridized carbons (Fsp3) is 0. The number of imide groups is 1. The fourth-order valence-electron chi connectivity index (χ4n) is 2.19. The zero-order chi connectivity index (χ0) is 17.4. The minimum atomic E-state index is -0.579. The Morgan fingerprint density at radius 2 is 1.58 bits per heavy atom. The van der Waals surface area contributed by atoms with Gasteiger partial charge in [0.05, 0.1) is 15.7 Å². The van der Waals surface area contributed by atoms with Gasteiger partial charge in [-0.1, -0.05) is 34.8 Å². The third kappa shape index (κ3) is 3.06. The first-order valence-corrected chi connectivity index (χ1v) is 7.81. The zero-order valence-electron chi connectivity index (χ0n) is 11.9. The molecule has 1 aliphatic heterocycles. The molecule has 1 fully saturated rings. The lowest BCUT2D eigenvalue weighted by atomic mass is 10.1. The van der Waals surface area contributed by atoms with E-state index in [4.69, 9.17) is 34.8 Å². The van der Waals surface area contributed by atoms with E-state index in [1.165, 1.54) is 18.2 Å². The number of hydrogen-bond donors (Lipinski definition) is 2. The number of halogens is 3. The number of hydrogen-bond acceptors (Lipinski definition) is 3. The normalized spacial score (nSPS) is 16.0. The average molecular weight is 384 g/mol. The zero-order valence-corrected chi connectivity index (χ0v) is 14.2. The summed E-state index contributed by atoms with van der Waals surface area (Å²) in [7, 11) is 0. The number of amides is 3. The predicted octanol–water partition coefficient (Wildman–Crippen LogP) is 4.45. The number of carbonyl (C=O) groups excluding carboxylic acids is 2. The van der Waals surface area contributed by atoms with Crippen molar-refractivity contribution in [3.63, 3.8) is 0 Å². The smallest absolute Gasteiger partial charge is 0.333 e. The third-order valence-corrected chi connectivity index (χ3v) is 4.14. The van der Waals surface area contributed by atoms with Gasteiger partial charge in [0.25, 0.3) is 5.91 Å². The number of nitrogens with zero attached hydrogens (tertiary/aromatic N) is 1. The Kier molecular flexibility index (Phi) is 4.41. The van der Waals surface area contributed by atoms with Gasteiger partial charge in [0.2, 0.25) is 0 Å². The van der Waals surface area contributed by atoms with Gasteiger partial charge in [0, 0.05) is 5.02 Å². The number of aromatic hydroxyl groups is 1. The van der Waals surface area contributed by atoms with Crippen molar-refractivity contribution in [2.45, 2.75) is 0 Å². The fourth-order valence-corrected chi connectivity index (χ4v) is 2.82.